The molecule has 0 saturated heterocycles. The summed E-state index contributed by atoms with van der Waals surface area (Å²) in [6, 6.07) is 8.22. The summed E-state index contributed by atoms with van der Waals surface area (Å²) in [5, 5.41) is 3.38. The van der Waals surface area contributed by atoms with Crippen LogP contribution >= 0.6 is 15.9 Å². The van der Waals surface area contributed by atoms with Gasteiger partial charge in [-0.3, -0.25) is 0 Å². The van der Waals surface area contributed by atoms with Crippen LogP contribution in [-0.4, -0.2) is 9.55 Å². The molecule has 0 radical (unpaired) electrons. The van der Waals surface area contributed by atoms with Gasteiger partial charge in [0, 0.05) is 30.0 Å². The van der Waals surface area contributed by atoms with E-state index in [-0.39, 0.29) is 0 Å². The van der Waals surface area contributed by atoms with Gasteiger partial charge in [-0.25, -0.2) is 4.98 Å². The van der Waals surface area contributed by atoms with Crippen LogP contribution in [0.25, 0.3) is 0 Å². The third-order valence-corrected chi connectivity index (χ3v) is 3.45. The third-order valence-electron chi connectivity index (χ3n) is 2.67. The van der Waals surface area contributed by atoms with Crippen molar-refractivity contribution in [1.82, 2.24) is 9.55 Å². The van der Waals surface area contributed by atoms with Crippen LogP contribution in [0.5, 0.6) is 0 Å². The van der Waals surface area contributed by atoms with Crippen molar-refractivity contribution < 1.29 is 0 Å². The van der Waals surface area contributed by atoms with Crippen LogP contribution in [0.15, 0.2) is 41.1 Å². The van der Waals surface area contributed by atoms with E-state index in [9.17, 15) is 0 Å². The van der Waals surface area contributed by atoms with E-state index in [1.807, 2.05) is 24.5 Å². The van der Waals surface area contributed by atoms with E-state index in [1.54, 1.807) is 0 Å². The summed E-state index contributed by atoms with van der Waals surface area (Å²) < 4.78 is 3.28. The highest BCUT2D eigenvalue weighted by atomic mass is 79.9. The molecule has 1 heterocycles. The highest BCUT2D eigenvalue weighted by Crippen LogP contribution is 2.17. The van der Waals surface area contributed by atoms with Gasteiger partial charge in [-0.2, -0.15) is 0 Å². The number of nitrogens with one attached hydrogen (secondary N) is 1. The molecule has 0 unspecified atom stereocenters. The molecule has 0 fully saturated rings. The molecule has 18 heavy (non-hydrogen) atoms. The van der Waals surface area contributed by atoms with E-state index in [0.29, 0.717) is 5.92 Å². The van der Waals surface area contributed by atoms with Crippen molar-refractivity contribution >= 4 is 21.9 Å². The van der Waals surface area contributed by atoms with E-state index >= 15 is 0 Å². The Morgan fingerprint density at radius 1 is 1.33 bits per heavy atom. The number of aromatic nitrogens is 2. The Morgan fingerprint density at radius 2 is 2.11 bits per heavy atom. The Bertz CT molecular complexity index is 505. The van der Waals surface area contributed by atoms with Crippen LogP contribution in [0.3, 0.4) is 0 Å². The highest BCUT2D eigenvalue weighted by molar-refractivity contribution is 9.10. The van der Waals surface area contributed by atoms with E-state index < -0.39 is 0 Å². The van der Waals surface area contributed by atoms with Crippen molar-refractivity contribution in [3.05, 3.63) is 46.7 Å². The molecule has 1 aromatic carbocycles. The molecular formula is C14H18BrN3. The zero-order valence-corrected chi connectivity index (χ0v) is 12.3. The van der Waals surface area contributed by atoms with Crippen molar-refractivity contribution in [2.24, 2.45) is 5.92 Å². The molecule has 2 aromatic rings. The van der Waals surface area contributed by atoms with Crippen LogP contribution in [0.4, 0.5) is 5.95 Å². The molecule has 0 saturated carbocycles. The van der Waals surface area contributed by atoms with Crippen molar-refractivity contribution in [3.63, 3.8) is 0 Å². The Hall–Kier alpha value is -1.29. The molecule has 0 bridgehead atoms. The van der Waals surface area contributed by atoms with Crippen LogP contribution in [0, 0.1) is 5.92 Å². The molecule has 1 N–H and O–H groups in total. The van der Waals surface area contributed by atoms with Gasteiger partial charge in [0.05, 0.1) is 0 Å². The first kappa shape index (κ1) is 13.1. The first-order chi connectivity index (χ1) is 8.66. The van der Waals surface area contributed by atoms with E-state index in [1.165, 1.54) is 5.56 Å². The summed E-state index contributed by atoms with van der Waals surface area (Å²) in [4.78, 5) is 4.35. The molecular weight excluding hydrogens is 290 g/mol. The highest BCUT2D eigenvalue weighted by Gasteiger charge is 2.05. The van der Waals surface area contributed by atoms with Crippen molar-refractivity contribution in [2.45, 2.75) is 26.9 Å². The van der Waals surface area contributed by atoms with Gasteiger partial charge in [-0.05, 0) is 17.5 Å². The summed E-state index contributed by atoms with van der Waals surface area (Å²) in [5.74, 6) is 1.54. The van der Waals surface area contributed by atoms with Gasteiger partial charge >= 0.3 is 0 Å². The lowest BCUT2D eigenvalue weighted by Crippen LogP contribution is -2.10. The van der Waals surface area contributed by atoms with Crippen molar-refractivity contribution in [3.8, 4) is 0 Å². The van der Waals surface area contributed by atoms with Crippen LogP contribution < -0.4 is 5.32 Å². The summed E-state index contributed by atoms with van der Waals surface area (Å²) >= 11 is 3.55. The minimum atomic E-state index is 0.614. The van der Waals surface area contributed by atoms with E-state index in [4.69, 9.17) is 0 Å². The molecule has 0 aliphatic carbocycles. The number of halogens is 1. The number of rotatable bonds is 5. The Labute approximate surface area is 116 Å². The van der Waals surface area contributed by atoms with Gasteiger partial charge in [-0.15, -0.1) is 0 Å². The quantitative estimate of drug-likeness (QED) is 0.907. The molecule has 0 aliphatic heterocycles. The number of benzene rings is 1. The predicted molar refractivity (Wildman–Crippen MR) is 78.5 cm³/mol. The van der Waals surface area contributed by atoms with E-state index in [2.05, 4.69) is 56.8 Å². The second kappa shape index (κ2) is 6.05. The van der Waals surface area contributed by atoms with Gasteiger partial charge in [0.1, 0.15) is 0 Å². The average Bonchev–Trinajstić information content (AvgIpc) is 2.75. The number of hydrogen-bond donors (Lipinski definition) is 1. The molecule has 3 nitrogen and oxygen atoms in total. The number of imidazole rings is 1. The first-order valence-corrected chi connectivity index (χ1v) is 6.94. The first-order valence-electron chi connectivity index (χ1n) is 6.15. The van der Waals surface area contributed by atoms with Gasteiger partial charge in [0.15, 0.2) is 0 Å². The normalized spacial score (nSPS) is 10.9. The van der Waals surface area contributed by atoms with Gasteiger partial charge in [0.25, 0.3) is 0 Å². The van der Waals surface area contributed by atoms with Crippen molar-refractivity contribution in [1.29, 1.82) is 0 Å². The van der Waals surface area contributed by atoms with Crippen molar-refractivity contribution in [2.75, 3.05) is 5.32 Å². The minimum Gasteiger partial charge on any atom is -0.352 e. The second-order valence-corrected chi connectivity index (χ2v) is 5.60. The largest absolute Gasteiger partial charge is 0.352 e. The van der Waals surface area contributed by atoms with E-state index in [0.717, 1.165) is 23.5 Å². The molecule has 96 valence electrons. The fourth-order valence-electron chi connectivity index (χ4n) is 1.83. The lowest BCUT2D eigenvalue weighted by Gasteiger charge is -2.12. The average molecular weight is 308 g/mol. The van der Waals surface area contributed by atoms with Crippen LogP contribution in [0.1, 0.15) is 19.4 Å². The molecule has 2 rings (SSSR count). The fraction of sp³-hybridized carbons (Fsp3) is 0.357. The zero-order chi connectivity index (χ0) is 13.0. The second-order valence-electron chi connectivity index (χ2n) is 4.74. The molecule has 0 amide bonds. The fourth-order valence-corrected chi connectivity index (χ4v) is 2.26. The maximum absolute atomic E-state index is 4.35. The third kappa shape index (κ3) is 3.35. The molecule has 4 heteroatoms. The standard InChI is InChI=1S/C14H18BrN3/c1-11(2)10-18-8-7-16-14(18)17-9-12-5-3-4-6-13(12)15/h3-8,11H,9-10H2,1-2H3,(H,16,17). The summed E-state index contributed by atoms with van der Waals surface area (Å²) in [6.07, 6.45) is 3.85. The van der Waals surface area contributed by atoms with Crippen LogP contribution in [0.2, 0.25) is 0 Å². The van der Waals surface area contributed by atoms with Crippen LogP contribution in [-0.2, 0) is 13.1 Å². The number of anilines is 1. The Kier molecular flexibility index (Phi) is 4.42. The summed E-state index contributed by atoms with van der Waals surface area (Å²) in [6.45, 7) is 6.17. The maximum atomic E-state index is 4.35. The number of hydrogen-bond acceptors (Lipinski definition) is 2. The molecule has 0 atom stereocenters. The topological polar surface area (TPSA) is 29.9 Å². The SMILES string of the molecule is CC(C)Cn1ccnc1NCc1ccccc1Br. The predicted octanol–water partition coefficient (Wildman–Crippen LogP) is 3.91. The monoisotopic (exact) mass is 307 g/mol. The summed E-state index contributed by atoms with van der Waals surface area (Å²) in [7, 11) is 0. The maximum Gasteiger partial charge on any atom is 0.203 e. The zero-order valence-electron chi connectivity index (χ0n) is 10.7. The Balaban J connectivity index is 2.02. The minimum absolute atomic E-state index is 0.614. The van der Waals surface area contributed by atoms with Gasteiger partial charge in [-0.1, -0.05) is 48.0 Å². The smallest absolute Gasteiger partial charge is 0.203 e. The number of nitrogens with zero attached hydrogens (tertiary/aromatic N) is 2. The summed E-state index contributed by atoms with van der Waals surface area (Å²) in [5.41, 5.74) is 1.23. The Morgan fingerprint density at radius 3 is 2.83 bits per heavy atom. The molecule has 1 aromatic heterocycles. The lowest BCUT2D eigenvalue weighted by molar-refractivity contribution is 0.526. The molecule has 0 spiro atoms. The lowest BCUT2D eigenvalue weighted by atomic mass is 10.2. The molecule has 0 aliphatic rings. The van der Waals surface area contributed by atoms with Gasteiger partial charge < -0.3 is 9.88 Å². The van der Waals surface area contributed by atoms with Gasteiger partial charge in [0.2, 0.25) is 5.95 Å².